The Bertz CT molecular complexity index is 474. The van der Waals surface area contributed by atoms with E-state index in [-0.39, 0.29) is 0 Å². The van der Waals surface area contributed by atoms with Crippen molar-refractivity contribution in [2.45, 2.75) is 0 Å². The number of nitrogen functional groups attached to an aromatic ring is 1. The van der Waals surface area contributed by atoms with Gasteiger partial charge < -0.3 is 5.73 Å². The first-order chi connectivity index (χ1) is 7.31. The van der Waals surface area contributed by atoms with E-state index < -0.39 is 0 Å². The number of rotatable bonds is 2. The van der Waals surface area contributed by atoms with Gasteiger partial charge in [-0.05, 0) is 11.6 Å². The Morgan fingerprint density at radius 3 is 2.20 bits per heavy atom. The van der Waals surface area contributed by atoms with Crippen LogP contribution >= 0.6 is 0 Å². The Morgan fingerprint density at radius 1 is 0.933 bits per heavy atom. The zero-order valence-electron chi connectivity index (χ0n) is 8.18. The number of hydrogen-bond acceptors (Lipinski definition) is 2. The molecule has 0 atom stereocenters. The summed E-state index contributed by atoms with van der Waals surface area (Å²) < 4.78 is 0. The first-order valence-corrected chi connectivity index (χ1v) is 4.71. The molecule has 74 valence electrons. The minimum atomic E-state index is 0.674. The minimum absolute atomic E-state index is 0.674. The third-order valence-electron chi connectivity index (χ3n) is 2.32. The Morgan fingerprint density at radius 2 is 1.60 bits per heavy atom. The summed E-state index contributed by atoms with van der Waals surface area (Å²) in [7, 11) is 0. The van der Waals surface area contributed by atoms with Gasteiger partial charge in [0.1, 0.15) is 6.29 Å². The van der Waals surface area contributed by atoms with E-state index in [0.717, 1.165) is 23.1 Å². The van der Waals surface area contributed by atoms with Crippen LogP contribution in [0, 0.1) is 0 Å². The van der Waals surface area contributed by atoms with Crippen molar-refractivity contribution in [1.29, 1.82) is 0 Å². The van der Waals surface area contributed by atoms with Gasteiger partial charge in [-0.1, -0.05) is 42.5 Å². The standard InChI is InChI=1S/C13H11NO/c14-13-4-2-1-3-12(13)11-7-5-10(9-15)6-8-11/h1-9H,14H2. The third kappa shape index (κ3) is 1.89. The van der Waals surface area contributed by atoms with Gasteiger partial charge in [0.25, 0.3) is 0 Å². The molecule has 0 saturated carbocycles. The normalized spacial score (nSPS) is 9.87. The number of nitrogens with two attached hydrogens (primary N) is 1. The molecule has 0 saturated heterocycles. The molecule has 0 fully saturated rings. The molecule has 15 heavy (non-hydrogen) atoms. The largest absolute Gasteiger partial charge is 0.398 e. The number of carbonyl (C=O) groups is 1. The Hall–Kier alpha value is -2.09. The van der Waals surface area contributed by atoms with Gasteiger partial charge in [-0.15, -0.1) is 0 Å². The van der Waals surface area contributed by atoms with Gasteiger partial charge >= 0.3 is 0 Å². The van der Waals surface area contributed by atoms with E-state index in [2.05, 4.69) is 0 Å². The topological polar surface area (TPSA) is 43.1 Å². The molecule has 0 radical (unpaired) electrons. The maximum atomic E-state index is 10.5. The Balaban J connectivity index is 2.46. The predicted octanol–water partition coefficient (Wildman–Crippen LogP) is 2.75. The molecule has 2 aromatic carbocycles. The fourth-order valence-corrected chi connectivity index (χ4v) is 1.50. The fourth-order valence-electron chi connectivity index (χ4n) is 1.50. The Kier molecular flexibility index (Phi) is 2.50. The fraction of sp³-hybridized carbons (Fsp3) is 0. The number of aldehydes is 1. The van der Waals surface area contributed by atoms with Crippen molar-refractivity contribution in [3.05, 3.63) is 54.1 Å². The first-order valence-electron chi connectivity index (χ1n) is 4.71. The number of para-hydroxylation sites is 1. The van der Waals surface area contributed by atoms with Crippen LogP contribution in [0.3, 0.4) is 0 Å². The highest BCUT2D eigenvalue weighted by Gasteiger charge is 2.00. The molecular formula is C13H11NO. The number of carbonyl (C=O) groups excluding carboxylic acids is 1. The quantitative estimate of drug-likeness (QED) is 0.594. The monoisotopic (exact) mass is 197 g/mol. The van der Waals surface area contributed by atoms with E-state index in [4.69, 9.17) is 5.73 Å². The van der Waals surface area contributed by atoms with Gasteiger partial charge in [0.05, 0.1) is 0 Å². The van der Waals surface area contributed by atoms with Crippen LogP contribution in [0.4, 0.5) is 5.69 Å². The SMILES string of the molecule is Nc1ccccc1-c1ccc(C=O)cc1. The zero-order chi connectivity index (χ0) is 10.7. The van der Waals surface area contributed by atoms with E-state index >= 15 is 0 Å². The van der Waals surface area contributed by atoms with Crippen molar-refractivity contribution < 1.29 is 4.79 Å². The van der Waals surface area contributed by atoms with Gasteiger partial charge in [0.15, 0.2) is 0 Å². The second-order valence-corrected chi connectivity index (χ2v) is 3.33. The van der Waals surface area contributed by atoms with Crippen molar-refractivity contribution in [1.82, 2.24) is 0 Å². The molecule has 0 bridgehead atoms. The number of hydrogen-bond donors (Lipinski definition) is 1. The molecule has 2 aromatic rings. The molecule has 0 spiro atoms. The molecule has 0 amide bonds. The molecule has 0 unspecified atom stereocenters. The smallest absolute Gasteiger partial charge is 0.150 e. The maximum Gasteiger partial charge on any atom is 0.150 e. The Labute approximate surface area is 88.4 Å². The van der Waals surface area contributed by atoms with E-state index in [9.17, 15) is 4.79 Å². The summed E-state index contributed by atoms with van der Waals surface area (Å²) in [6, 6.07) is 15.0. The van der Waals surface area contributed by atoms with Crippen LogP contribution in [0.5, 0.6) is 0 Å². The van der Waals surface area contributed by atoms with Crippen molar-refractivity contribution in [2.24, 2.45) is 0 Å². The summed E-state index contributed by atoms with van der Waals surface area (Å²) in [5.74, 6) is 0. The summed E-state index contributed by atoms with van der Waals surface area (Å²) in [5.41, 5.74) is 9.30. The number of benzene rings is 2. The van der Waals surface area contributed by atoms with E-state index in [0.29, 0.717) is 5.56 Å². The summed E-state index contributed by atoms with van der Waals surface area (Å²) in [6.45, 7) is 0. The molecular weight excluding hydrogens is 186 g/mol. The molecule has 2 heteroatoms. The lowest BCUT2D eigenvalue weighted by atomic mass is 10.0. The van der Waals surface area contributed by atoms with E-state index in [1.165, 1.54) is 0 Å². The second-order valence-electron chi connectivity index (χ2n) is 3.33. The molecule has 0 aliphatic carbocycles. The van der Waals surface area contributed by atoms with Gasteiger partial charge in [-0.25, -0.2) is 0 Å². The highest BCUT2D eigenvalue weighted by Crippen LogP contribution is 2.25. The molecule has 2 nitrogen and oxygen atoms in total. The molecule has 0 heterocycles. The van der Waals surface area contributed by atoms with Crippen LogP contribution in [0.25, 0.3) is 11.1 Å². The summed E-state index contributed by atoms with van der Waals surface area (Å²) >= 11 is 0. The lowest BCUT2D eigenvalue weighted by molar-refractivity contribution is 0.112. The van der Waals surface area contributed by atoms with Gasteiger partial charge in [0.2, 0.25) is 0 Å². The first kappa shape index (κ1) is 9.46. The summed E-state index contributed by atoms with van der Waals surface area (Å²) in [5, 5.41) is 0. The van der Waals surface area contributed by atoms with Crippen molar-refractivity contribution in [2.75, 3.05) is 5.73 Å². The highest BCUT2D eigenvalue weighted by atomic mass is 16.1. The molecule has 0 aliphatic heterocycles. The summed E-state index contributed by atoms with van der Waals surface area (Å²) in [6.07, 6.45) is 0.831. The van der Waals surface area contributed by atoms with E-state index in [1.54, 1.807) is 12.1 Å². The van der Waals surface area contributed by atoms with Crippen LogP contribution in [0.1, 0.15) is 10.4 Å². The van der Waals surface area contributed by atoms with Gasteiger partial charge in [-0.2, -0.15) is 0 Å². The molecule has 2 N–H and O–H groups in total. The average molecular weight is 197 g/mol. The van der Waals surface area contributed by atoms with Crippen LogP contribution in [0.15, 0.2) is 48.5 Å². The van der Waals surface area contributed by atoms with Crippen LogP contribution in [-0.2, 0) is 0 Å². The molecule has 2 rings (SSSR count). The van der Waals surface area contributed by atoms with Crippen LogP contribution < -0.4 is 5.73 Å². The average Bonchev–Trinajstić information content (AvgIpc) is 2.30. The maximum absolute atomic E-state index is 10.5. The lowest BCUT2D eigenvalue weighted by Gasteiger charge is -2.04. The number of anilines is 1. The predicted molar refractivity (Wildman–Crippen MR) is 61.7 cm³/mol. The zero-order valence-corrected chi connectivity index (χ0v) is 8.18. The van der Waals surface area contributed by atoms with E-state index in [1.807, 2.05) is 36.4 Å². The van der Waals surface area contributed by atoms with Gasteiger partial charge in [0, 0.05) is 16.8 Å². The molecule has 0 aromatic heterocycles. The van der Waals surface area contributed by atoms with Crippen LogP contribution in [-0.4, -0.2) is 6.29 Å². The highest BCUT2D eigenvalue weighted by molar-refractivity contribution is 5.80. The second kappa shape index (κ2) is 3.96. The minimum Gasteiger partial charge on any atom is -0.398 e. The van der Waals surface area contributed by atoms with Gasteiger partial charge in [-0.3, -0.25) is 4.79 Å². The third-order valence-corrected chi connectivity index (χ3v) is 2.32. The van der Waals surface area contributed by atoms with Crippen molar-refractivity contribution >= 4 is 12.0 Å². The molecule has 0 aliphatic rings. The van der Waals surface area contributed by atoms with Crippen molar-refractivity contribution in [3.8, 4) is 11.1 Å². The summed E-state index contributed by atoms with van der Waals surface area (Å²) in [4.78, 5) is 10.5. The van der Waals surface area contributed by atoms with Crippen LogP contribution in [0.2, 0.25) is 0 Å². The lowest BCUT2D eigenvalue weighted by Crippen LogP contribution is -1.89. The van der Waals surface area contributed by atoms with Crippen molar-refractivity contribution in [3.63, 3.8) is 0 Å².